The second-order valence-corrected chi connectivity index (χ2v) is 8.52. The molecular formula is C25H21NO3S. The molecule has 0 bridgehead atoms. The minimum Gasteiger partial charge on any atom is -0.492 e. The molecule has 1 aromatic heterocycles. The molecule has 0 saturated heterocycles. The average molecular weight is 416 g/mol. The van der Waals surface area contributed by atoms with Crippen LogP contribution in [0, 0.1) is 0 Å². The third-order valence-corrected chi connectivity index (χ3v) is 6.37. The number of ether oxygens (including phenoxy) is 2. The van der Waals surface area contributed by atoms with Crippen molar-refractivity contribution in [1.29, 1.82) is 0 Å². The zero-order valence-electron chi connectivity index (χ0n) is 16.3. The maximum absolute atomic E-state index is 10.9. The van der Waals surface area contributed by atoms with Crippen molar-refractivity contribution in [3.05, 3.63) is 96.2 Å². The molecule has 0 radical (unpaired) electrons. The van der Waals surface area contributed by atoms with Gasteiger partial charge >= 0.3 is 0 Å². The van der Waals surface area contributed by atoms with E-state index >= 15 is 0 Å². The van der Waals surface area contributed by atoms with E-state index in [1.165, 1.54) is 0 Å². The van der Waals surface area contributed by atoms with Crippen LogP contribution >= 0.6 is 11.8 Å². The number of hydrogen-bond acceptors (Lipinski definition) is 5. The van der Waals surface area contributed by atoms with E-state index < -0.39 is 6.10 Å². The van der Waals surface area contributed by atoms with Crippen LogP contribution in [-0.2, 0) is 6.61 Å². The van der Waals surface area contributed by atoms with E-state index in [2.05, 4.69) is 11.1 Å². The first kappa shape index (κ1) is 19.0. The zero-order valence-corrected chi connectivity index (χ0v) is 17.1. The van der Waals surface area contributed by atoms with E-state index in [1.807, 2.05) is 78.9 Å². The minimum atomic E-state index is -0.624. The molecule has 1 N–H and O–H groups in total. The summed E-state index contributed by atoms with van der Waals surface area (Å²) in [6.07, 6.45) is -0.624. The van der Waals surface area contributed by atoms with Crippen molar-refractivity contribution in [2.45, 2.75) is 22.9 Å². The summed E-state index contributed by atoms with van der Waals surface area (Å²) < 4.78 is 11.9. The molecule has 0 unspecified atom stereocenters. The van der Waals surface area contributed by atoms with Gasteiger partial charge in [0.25, 0.3) is 0 Å². The molecule has 0 saturated carbocycles. The average Bonchev–Trinajstić information content (AvgIpc) is 2.80. The number of nitrogens with zero attached hydrogens (tertiary/aromatic N) is 1. The Labute approximate surface area is 179 Å². The van der Waals surface area contributed by atoms with E-state index in [-0.39, 0.29) is 5.25 Å². The Morgan fingerprint density at radius 3 is 2.70 bits per heavy atom. The lowest BCUT2D eigenvalue weighted by atomic mass is 10.0. The third-order valence-electron chi connectivity index (χ3n) is 5.13. The van der Waals surface area contributed by atoms with Crippen LogP contribution in [0.15, 0.2) is 89.8 Å². The number of aromatic nitrogens is 1. The summed E-state index contributed by atoms with van der Waals surface area (Å²) >= 11 is 1.63. The molecule has 4 nitrogen and oxygen atoms in total. The highest BCUT2D eigenvalue weighted by molar-refractivity contribution is 8.00. The Balaban J connectivity index is 1.30. The predicted octanol–water partition coefficient (Wildman–Crippen LogP) is 5.40. The Morgan fingerprint density at radius 2 is 1.80 bits per heavy atom. The maximum Gasteiger partial charge on any atom is 0.130 e. The monoisotopic (exact) mass is 415 g/mol. The molecule has 0 amide bonds. The van der Waals surface area contributed by atoms with Crippen LogP contribution in [0.5, 0.6) is 11.5 Å². The molecule has 3 aromatic carbocycles. The summed E-state index contributed by atoms with van der Waals surface area (Å²) in [5.74, 6) is 1.40. The van der Waals surface area contributed by atoms with E-state index in [0.29, 0.717) is 24.7 Å². The Morgan fingerprint density at radius 1 is 0.967 bits per heavy atom. The van der Waals surface area contributed by atoms with Gasteiger partial charge in [0.2, 0.25) is 0 Å². The number of pyridine rings is 1. The summed E-state index contributed by atoms with van der Waals surface area (Å²) in [5, 5.41) is 12.0. The first-order valence-electron chi connectivity index (χ1n) is 9.90. The van der Waals surface area contributed by atoms with Gasteiger partial charge in [-0.25, -0.2) is 4.98 Å². The van der Waals surface area contributed by atoms with E-state index in [9.17, 15) is 5.11 Å². The van der Waals surface area contributed by atoms with Crippen molar-refractivity contribution in [3.8, 4) is 11.5 Å². The van der Waals surface area contributed by atoms with Crippen LogP contribution < -0.4 is 9.47 Å². The standard InChI is InChI=1S/C25H21NO3S/c27-25-21-14-19(28-15-18-11-10-17-6-4-5-9-22(17)26-18)12-13-23(21)29-16-24(25)30-20-7-2-1-3-8-20/h1-14,24-25,27H,15-16H2/t24-,25-/m1/s1. The molecule has 0 spiro atoms. The molecule has 5 heteroatoms. The Hall–Kier alpha value is -3.02. The van der Waals surface area contributed by atoms with Gasteiger partial charge in [0.1, 0.15) is 24.7 Å². The molecule has 1 aliphatic rings. The van der Waals surface area contributed by atoms with Crippen molar-refractivity contribution in [1.82, 2.24) is 4.98 Å². The van der Waals surface area contributed by atoms with Gasteiger partial charge < -0.3 is 14.6 Å². The van der Waals surface area contributed by atoms with Gasteiger partial charge in [0.15, 0.2) is 0 Å². The predicted molar refractivity (Wildman–Crippen MR) is 119 cm³/mol. The number of benzene rings is 3. The molecule has 1 aliphatic heterocycles. The van der Waals surface area contributed by atoms with Gasteiger partial charge in [-0.05, 0) is 42.5 Å². The molecule has 0 aliphatic carbocycles. The number of aliphatic hydroxyl groups excluding tert-OH is 1. The molecular weight excluding hydrogens is 394 g/mol. The van der Waals surface area contributed by atoms with Crippen molar-refractivity contribution < 1.29 is 14.6 Å². The summed E-state index contributed by atoms with van der Waals surface area (Å²) in [5.41, 5.74) is 2.58. The van der Waals surface area contributed by atoms with Gasteiger partial charge in [-0.1, -0.05) is 42.5 Å². The fraction of sp³-hybridized carbons (Fsp3) is 0.160. The summed E-state index contributed by atoms with van der Waals surface area (Å²) in [4.78, 5) is 5.76. The lowest BCUT2D eigenvalue weighted by Crippen LogP contribution is -2.28. The highest BCUT2D eigenvalue weighted by atomic mass is 32.2. The molecule has 150 valence electrons. The number of thioether (sulfide) groups is 1. The Kier molecular flexibility index (Phi) is 5.30. The fourth-order valence-electron chi connectivity index (χ4n) is 3.56. The number of aliphatic hydroxyl groups is 1. The Bertz CT molecular complexity index is 1170. The van der Waals surface area contributed by atoms with Crippen molar-refractivity contribution >= 4 is 22.7 Å². The largest absolute Gasteiger partial charge is 0.492 e. The molecule has 30 heavy (non-hydrogen) atoms. The van der Waals surface area contributed by atoms with Crippen LogP contribution in [0.4, 0.5) is 0 Å². The van der Waals surface area contributed by atoms with Gasteiger partial charge in [0.05, 0.1) is 22.6 Å². The lowest BCUT2D eigenvalue weighted by Gasteiger charge is -2.30. The van der Waals surface area contributed by atoms with Crippen molar-refractivity contribution in [2.75, 3.05) is 6.61 Å². The third kappa shape index (κ3) is 3.99. The van der Waals surface area contributed by atoms with Crippen LogP contribution in [0.25, 0.3) is 10.9 Å². The molecule has 0 fully saturated rings. The van der Waals surface area contributed by atoms with Gasteiger partial charge in [-0.15, -0.1) is 11.8 Å². The first-order valence-corrected chi connectivity index (χ1v) is 10.8. The summed E-state index contributed by atoms with van der Waals surface area (Å²) in [6.45, 7) is 0.831. The number of rotatable bonds is 5. The van der Waals surface area contributed by atoms with Crippen molar-refractivity contribution in [2.24, 2.45) is 0 Å². The topological polar surface area (TPSA) is 51.6 Å². The number of hydrogen-bond donors (Lipinski definition) is 1. The second-order valence-electron chi connectivity index (χ2n) is 7.21. The van der Waals surface area contributed by atoms with Gasteiger partial charge in [-0.3, -0.25) is 0 Å². The van der Waals surface area contributed by atoms with Crippen LogP contribution in [0.1, 0.15) is 17.4 Å². The second kappa shape index (κ2) is 8.38. The molecule has 2 heterocycles. The maximum atomic E-state index is 10.9. The molecule has 5 rings (SSSR count). The zero-order chi connectivity index (χ0) is 20.3. The molecule has 4 aromatic rings. The smallest absolute Gasteiger partial charge is 0.130 e. The summed E-state index contributed by atoms with van der Waals surface area (Å²) in [6, 6.07) is 27.7. The number of para-hydroxylation sites is 1. The lowest BCUT2D eigenvalue weighted by molar-refractivity contribution is 0.122. The van der Waals surface area contributed by atoms with Crippen LogP contribution in [0.3, 0.4) is 0 Å². The highest BCUT2D eigenvalue weighted by Crippen LogP contribution is 2.41. The van der Waals surface area contributed by atoms with Crippen LogP contribution in [0.2, 0.25) is 0 Å². The SMILES string of the molecule is O[C@@H]1c2cc(OCc3ccc4ccccc4n3)ccc2OC[C@H]1Sc1ccccc1. The fourth-order valence-corrected chi connectivity index (χ4v) is 4.64. The van der Waals surface area contributed by atoms with E-state index in [4.69, 9.17) is 9.47 Å². The highest BCUT2D eigenvalue weighted by Gasteiger charge is 2.30. The molecule has 2 atom stereocenters. The van der Waals surface area contributed by atoms with Crippen LogP contribution in [-0.4, -0.2) is 21.9 Å². The number of fused-ring (bicyclic) bond motifs is 2. The van der Waals surface area contributed by atoms with E-state index in [1.54, 1.807) is 11.8 Å². The van der Waals surface area contributed by atoms with E-state index in [0.717, 1.165) is 27.1 Å². The van der Waals surface area contributed by atoms with Gasteiger partial charge in [-0.2, -0.15) is 0 Å². The normalized spacial score (nSPS) is 17.9. The van der Waals surface area contributed by atoms with Crippen molar-refractivity contribution in [3.63, 3.8) is 0 Å². The summed E-state index contributed by atoms with van der Waals surface area (Å²) in [7, 11) is 0. The van der Waals surface area contributed by atoms with Gasteiger partial charge in [0, 0.05) is 15.8 Å². The first-order chi connectivity index (χ1) is 14.8. The minimum absolute atomic E-state index is 0.0719. The quantitative estimate of drug-likeness (QED) is 0.473.